The van der Waals surface area contributed by atoms with Crippen LogP contribution in [0.4, 0.5) is 0 Å². The maximum atomic E-state index is 12.9. The number of hydrogen-bond donors (Lipinski definition) is 0. The quantitative estimate of drug-likeness (QED) is 0.778. The van der Waals surface area contributed by atoms with Crippen LogP contribution in [0.15, 0.2) is 48.5 Å². The van der Waals surface area contributed by atoms with E-state index in [4.69, 9.17) is 5.26 Å². The third-order valence-electron chi connectivity index (χ3n) is 5.17. The van der Waals surface area contributed by atoms with Crippen molar-refractivity contribution in [3.8, 4) is 6.07 Å². The summed E-state index contributed by atoms with van der Waals surface area (Å²) in [4.78, 5) is 19.4. The van der Waals surface area contributed by atoms with Gasteiger partial charge in [0.25, 0.3) is 5.91 Å². The number of carbonyl (C=O) groups is 1. The van der Waals surface area contributed by atoms with Crippen LogP contribution in [0.5, 0.6) is 0 Å². The minimum atomic E-state index is 0.129. The third-order valence-corrected chi connectivity index (χ3v) is 5.17. The minimum absolute atomic E-state index is 0.129. The van der Waals surface area contributed by atoms with Gasteiger partial charge in [0, 0.05) is 44.8 Å². The van der Waals surface area contributed by atoms with Crippen LogP contribution in [-0.2, 0) is 13.0 Å². The van der Waals surface area contributed by atoms with E-state index in [0.717, 1.165) is 51.3 Å². The Morgan fingerprint density at radius 1 is 1.04 bits per heavy atom. The van der Waals surface area contributed by atoms with E-state index in [0.29, 0.717) is 5.56 Å². The molecule has 0 aromatic heterocycles. The lowest BCUT2D eigenvalue weighted by molar-refractivity contribution is 0.0628. The second-order valence-corrected chi connectivity index (χ2v) is 7.63. The molecule has 5 heteroatoms. The fourth-order valence-electron chi connectivity index (χ4n) is 3.45. The number of nitrogens with zero attached hydrogens (tertiary/aromatic N) is 4. The lowest BCUT2D eigenvalue weighted by Gasteiger charge is -2.35. The fourth-order valence-corrected chi connectivity index (χ4v) is 3.45. The number of amides is 1. The van der Waals surface area contributed by atoms with Crippen molar-refractivity contribution >= 4 is 5.91 Å². The zero-order chi connectivity index (χ0) is 19.9. The first kappa shape index (κ1) is 20.1. The van der Waals surface area contributed by atoms with Gasteiger partial charge in [-0.25, -0.2) is 0 Å². The van der Waals surface area contributed by atoms with Gasteiger partial charge in [-0.3, -0.25) is 9.69 Å². The average Bonchev–Trinajstić information content (AvgIpc) is 2.73. The molecule has 0 saturated carbocycles. The molecular formula is C23H28N4O. The Labute approximate surface area is 167 Å². The molecule has 0 radical (unpaired) electrons. The second kappa shape index (κ2) is 9.50. The van der Waals surface area contributed by atoms with E-state index < -0.39 is 0 Å². The van der Waals surface area contributed by atoms with Crippen LogP contribution in [0.25, 0.3) is 0 Å². The fraction of sp³-hybridized carbons (Fsp3) is 0.391. The molecule has 2 aromatic rings. The van der Waals surface area contributed by atoms with Gasteiger partial charge in [0.2, 0.25) is 0 Å². The van der Waals surface area contributed by atoms with Gasteiger partial charge in [-0.1, -0.05) is 24.3 Å². The highest BCUT2D eigenvalue weighted by Gasteiger charge is 2.22. The zero-order valence-electron chi connectivity index (χ0n) is 16.8. The summed E-state index contributed by atoms with van der Waals surface area (Å²) in [6.07, 6.45) is 0.951. The lowest BCUT2D eigenvalue weighted by Crippen LogP contribution is -2.48. The van der Waals surface area contributed by atoms with Crippen LogP contribution in [-0.4, -0.2) is 67.4 Å². The topological polar surface area (TPSA) is 50.6 Å². The number of rotatable bonds is 6. The van der Waals surface area contributed by atoms with Gasteiger partial charge in [-0.2, -0.15) is 5.26 Å². The molecule has 3 rings (SSSR count). The minimum Gasteiger partial charge on any atom is -0.336 e. The van der Waals surface area contributed by atoms with Crippen molar-refractivity contribution in [3.63, 3.8) is 0 Å². The van der Waals surface area contributed by atoms with Gasteiger partial charge in [0.05, 0.1) is 11.6 Å². The zero-order valence-corrected chi connectivity index (χ0v) is 16.8. The first-order valence-corrected chi connectivity index (χ1v) is 9.79. The van der Waals surface area contributed by atoms with E-state index in [2.05, 4.69) is 36.0 Å². The third kappa shape index (κ3) is 5.41. The summed E-state index contributed by atoms with van der Waals surface area (Å²) in [6.45, 7) is 5.06. The Morgan fingerprint density at radius 2 is 1.75 bits per heavy atom. The van der Waals surface area contributed by atoms with E-state index in [1.54, 1.807) is 0 Å². The van der Waals surface area contributed by atoms with Crippen LogP contribution in [0.1, 0.15) is 27.0 Å². The maximum Gasteiger partial charge on any atom is 0.253 e. The molecule has 0 aliphatic carbocycles. The van der Waals surface area contributed by atoms with Gasteiger partial charge >= 0.3 is 0 Å². The lowest BCUT2D eigenvalue weighted by atomic mass is 10.1. The number of nitriles is 1. The van der Waals surface area contributed by atoms with Gasteiger partial charge in [0.15, 0.2) is 0 Å². The smallest absolute Gasteiger partial charge is 0.253 e. The normalized spacial score (nSPS) is 14.9. The van der Waals surface area contributed by atoms with Crippen LogP contribution >= 0.6 is 0 Å². The van der Waals surface area contributed by atoms with Gasteiger partial charge in [0.1, 0.15) is 0 Å². The molecule has 1 amide bonds. The molecule has 0 N–H and O–H groups in total. The van der Waals surface area contributed by atoms with Gasteiger partial charge in [-0.05, 0) is 55.9 Å². The van der Waals surface area contributed by atoms with Crippen molar-refractivity contribution in [2.24, 2.45) is 0 Å². The molecule has 146 valence electrons. The molecule has 1 saturated heterocycles. The van der Waals surface area contributed by atoms with Crippen molar-refractivity contribution < 1.29 is 4.79 Å². The first-order valence-electron chi connectivity index (χ1n) is 9.79. The molecule has 0 spiro atoms. The van der Waals surface area contributed by atoms with E-state index >= 15 is 0 Å². The molecule has 0 atom stereocenters. The maximum absolute atomic E-state index is 12.9. The van der Waals surface area contributed by atoms with Crippen molar-refractivity contribution in [1.82, 2.24) is 14.7 Å². The molecule has 1 heterocycles. The molecular weight excluding hydrogens is 348 g/mol. The number of piperazine rings is 1. The molecule has 5 nitrogen and oxygen atoms in total. The van der Waals surface area contributed by atoms with Crippen LogP contribution < -0.4 is 0 Å². The highest BCUT2D eigenvalue weighted by molar-refractivity contribution is 5.94. The highest BCUT2D eigenvalue weighted by Crippen LogP contribution is 2.14. The van der Waals surface area contributed by atoms with E-state index in [9.17, 15) is 4.79 Å². The molecule has 1 aliphatic rings. The Hall–Kier alpha value is -2.68. The summed E-state index contributed by atoms with van der Waals surface area (Å²) in [6, 6.07) is 17.9. The summed E-state index contributed by atoms with van der Waals surface area (Å²) >= 11 is 0. The number of hydrogen-bond acceptors (Lipinski definition) is 4. The van der Waals surface area contributed by atoms with Crippen LogP contribution in [0, 0.1) is 11.3 Å². The molecule has 28 heavy (non-hydrogen) atoms. The molecule has 0 bridgehead atoms. The van der Waals surface area contributed by atoms with E-state index in [1.807, 2.05) is 47.4 Å². The SMILES string of the molecule is CN(C)CCc1cccc(C(=O)N2CCN(Cc3ccc(C#N)cc3)CC2)c1. The van der Waals surface area contributed by atoms with Crippen molar-refractivity contribution in [1.29, 1.82) is 5.26 Å². The number of carbonyl (C=O) groups excluding carboxylic acids is 1. The number of likely N-dealkylation sites (N-methyl/N-ethyl adjacent to an activating group) is 1. The predicted octanol–water partition coefficient (Wildman–Crippen LogP) is 2.62. The van der Waals surface area contributed by atoms with E-state index in [-0.39, 0.29) is 5.91 Å². The molecule has 2 aromatic carbocycles. The largest absolute Gasteiger partial charge is 0.336 e. The summed E-state index contributed by atoms with van der Waals surface area (Å²) in [7, 11) is 4.12. The molecule has 0 unspecified atom stereocenters. The van der Waals surface area contributed by atoms with Gasteiger partial charge < -0.3 is 9.80 Å². The van der Waals surface area contributed by atoms with Crippen molar-refractivity contribution in [2.75, 3.05) is 46.8 Å². The first-order chi connectivity index (χ1) is 13.5. The summed E-state index contributed by atoms with van der Waals surface area (Å²) < 4.78 is 0. The Kier molecular flexibility index (Phi) is 6.80. The summed E-state index contributed by atoms with van der Waals surface area (Å²) in [5, 5.41) is 8.90. The Balaban J connectivity index is 1.53. The van der Waals surface area contributed by atoms with E-state index in [1.165, 1.54) is 11.1 Å². The summed E-state index contributed by atoms with van der Waals surface area (Å²) in [5.41, 5.74) is 3.88. The van der Waals surface area contributed by atoms with Crippen LogP contribution in [0.3, 0.4) is 0 Å². The molecule has 1 aliphatic heterocycles. The molecule has 1 fully saturated rings. The Bertz CT molecular complexity index is 830. The van der Waals surface area contributed by atoms with Crippen molar-refractivity contribution in [2.45, 2.75) is 13.0 Å². The monoisotopic (exact) mass is 376 g/mol. The van der Waals surface area contributed by atoms with Gasteiger partial charge in [-0.15, -0.1) is 0 Å². The summed E-state index contributed by atoms with van der Waals surface area (Å²) in [5.74, 6) is 0.129. The highest BCUT2D eigenvalue weighted by atomic mass is 16.2. The Morgan fingerprint density at radius 3 is 2.39 bits per heavy atom. The van der Waals surface area contributed by atoms with Crippen LogP contribution in [0.2, 0.25) is 0 Å². The average molecular weight is 377 g/mol. The van der Waals surface area contributed by atoms with Crippen molar-refractivity contribution in [3.05, 3.63) is 70.8 Å². The predicted molar refractivity (Wildman–Crippen MR) is 111 cm³/mol. The second-order valence-electron chi connectivity index (χ2n) is 7.63. The standard InChI is InChI=1S/C23H28N4O/c1-25(2)11-10-19-4-3-5-22(16-19)23(28)27-14-12-26(13-15-27)18-21-8-6-20(17-24)7-9-21/h3-9,16H,10-15,18H2,1-2H3. The number of benzene rings is 2.